The van der Waals surface area contributed by atoms with Gasteiger partial charge in [-0.15, -0.1) is 5.10 Å². The summed E-state index contributed by atoms with van der Waals surface area (Å²) in [6, 6.07) is 3.34. The first-order valence-corrected chi connectivity index (χ1v) is 6.20. The number of hydrogen-bond acceptors (Lipinski definition) is 6. The molecule has 0 saturated heterocycles. The highest BCUT2D eigenvalue weighted by Crippen LogP contribution is 2.24. The van der Waals surface area contributed by atoms with E-state index >= 15 is 0 Å². The van der Waals surface area contributed by atoms with Crippen molar-refractivity contribution in [2.75, 3.05) is 0 Å². The number of furan rings is 1. The Hall–Kier alpha value is -2.90. The zero-order valence-electron chi connectivity index (χ0n) is 11.4. The predicted molar refractivity (Wildman–Crippen MR) is 69.8 cm³/mol. The van der Waals surface area contributed by atoms with Crippen molar-refractivity contribution in [1.82, 2.24) is 20.2 Å². The Kier molecular flexibility index (Phi) is 3.05. The molecule has 0 aliphatic rings. The lowest BCUT2D eigenvalue weighted by Crippen LogP contribution is -2.07. The number of hydrogen-bond donors (Lipinski definition) is 1. The van der Waals surface area contributed by atoms with Gasteiger partial charge in [-0.3, -0.25) is 0 Å². The summed E-state index contributed by atoms with van der Waals surface area (Å²) in [6.07, 6.45) is 1.47. The van der Waals surface area contributed by atoms with Crippen molar-refractivity contribution in [2.24, 2.45) is 0 Å². The van der Waals surface area contributed by atoms with Crippen molar-refractivity contribution in [1.29, 1.82) is 0 Å². The van der Waals surface area contributed by atoms with Crippen molar-refractivity contribution >= 4 is 5.97 Å². The van der Waals surface area contributed by atoms with Gasteiger partial charge in [-0.1, -0.05) is 10.4 Å². The quantitative estimate of drug-likeness (QED) is 0.781. The molecule has 3 aromatic rings. The van der Waals surface area contributed by atoms with Crippen LogP contribution in [-0.2, 0) is 6.54 Å². The summed E-state index contributed by atoms with van der Waals surface area (Å²) < 4.78 is 11.9. The van der Waals surface area contributed by atoms with Gasteiger partial charge in [0.2, 0.25) is 5.69 Å². The first-order chi connectivity index (χ1) is 10.1. The molecule has 0 atom stereocenters. The van der Waals surface area contributed by atoms with Crippen molar-refractivity contribution < 1.29 is 18.8 Å². The second-order valence-corrected chi connectivity index (χ2v) is 4.53. The third-order valence-electron chi connectivity index (χ3n) is 3.18. The smallest absolute Gasteiger partial charge is 0.358 e. The van der Waals surface area contributed by atoms with Gasteiger partial charge in [-0.05, 0) is 26.0 Å². The summed E-state index contributed by atoms with van der Waals surface area (Å²) in [7, 11) is 0. The topological polar surface area (TPSA) is 107 Å². The average Bonchev–Trinajstić information content (AvgIpc) is 3.14. The maximum Gasteiger partial charge on any atom is 0.358 e. The SMILES string of the molecule is Cc1noc(C)c1Cn1nnc(C(=O)O)c1-c1ccco1. The molecule has 0 amide bonds. The number of carboxylic acids is 1. The maximum atomic E-state index is 11.3. The minimum absolute atomic E-state index is 0.156. The second-order valence-electron chi connectivity index (χ2n) is 4.53. The van der Waals surface area contributed by atoms with Crippen molar-refractivity contribution in [3.8, 4) is 11.5 Å². The molecule has 0 unspecified atom stereocenters. The Balaban J connectivity index is 2.09. The van der Waals surface area contributed by atoms with Crippen LogP contribution in [0.15, 0.2) is 27.3 Å². The minimum atomic E-state index is -1.16. The number of carboxylic acid groups (broad SMARTS) is 1. The lowest BCUT2D eigenvalue weighted by Gasteiger charge is -2.04. The zero-order chi connectivity index (χ0) is 15.0. The number of nitrogens with zero attached hydrogens (tertiary/aromatic N) is 4. The van der Waals surface area contributed by atoms with E-state index in [1.54, 1.807) is 19.1 Å². The average molecular weight is 288 g/mol. The highest BCUT2D eigenvalue weighted by atomic mass is 16.5. The summed E-state index contributed by atoms with van der Waals surface area (Å²) in [5.41, 5.74) is 1.72. The Labute approximate surface area is 119 Å². The third kappa shape index (κ3) is 2.20. The van der Waals surface area contributed by atoms with Crippen molar-refractivity contribution in [3.05, 3.63) is 41.1 Å². The molecule has 3 aromatic heterocycles. The van der Waals surface area contributed by atoms with Crippen LogP contribution in [0.4, 0.5) is 0 Å². The number of aryl methyl sites for hydroxylation is 2. The molecule has 3 rings (SSSR count). The Morgan fingerprint density at radius 1 is 1.43 bits per heavy atom. The van der Waals surface area contributed by atoms with Crippen LogP contribution < -0.4 is 0 Å². The van der Waals surface area contributed by atoms with Crippen molar-refractivity contribution in [3.63, 3.8) is 0 Å². The molecule has 108 valence electrons. The first-order valence-electron chi connectivity index (χ1n) is 6.20. The third-order valence-corrected chi connectivity index (χ3v) is 3.18. The van der Waals surface area contributed by atoms with Gasteiger partial charge in [0.1, 0.15) is 11.5 Å². The fourth-order valence-electron chi connectivity index (χ4n) is 2.10. The van der Waals surface area contributed by atoms with Crippen LogP contribution in [0.2, 0.25) is 0 Å². The van der Waals surface area contributed by atoms with Gasteiger partial charge in [-0.2, -0.15) is 0 Å². The molecule has 0 aliphatic carbocycles. The van der Waals surface area contributed by atoms with Gasteiger partial charge < -0.3 is 14.0 Å². The normalized spacial score (nSPS) is 11.0. The highest BCUT2D eigenvalue weighted by Gasteiger charge is 2.24. The molecule has 0 aliphatic heterocycles. The molecule has 0 saturated carbocycles. The summed E-state index contributed by atoms with van der Waals surface area (Å²) in [5.74, 6) is -0.110. The number of aromatic carboxylic acids is 1. The molecule has 0 aromatic carbocycles. The number of aromatic nitrogens is 4. The number of rotatable bonds is 4. The molecule has 8 nitrogen and oxygen atoms in total. The molecule has 0 radical (unpaired) electrons. The van der Waals surface area contributed by atoms with Crippen LogP contribution in [0, 0.1) is 13.8 Å². The zero-order valence-corrected chi connectivity index (χ0v) is 11.4. The van der Waals surface area contributed by atoms with E-state index in [9.17, 15) is 9.90 Å². The lowest BCUT2D eigenvalue weighted by atomic mass is 10.2. The van der Waals surface area contributed by atoms with Crippen LogP contribution >= 0.6 is 0 Å². The fourth-order valence-corrected chi connectivity index (χ4v) is 2.10. The molecule has 21 heavy (non-hydrogen) atoms. The van der Waals surface area contributed by atoms with Crippen LogP contribution in [0.5, 0.6) is 0 Å². The van der Waals surface area contributed by atoms with E-state index in [4.69, 9.17) is 8.94 Å². The van der Waals surface area contributed by atoms with Crippen LogP contribution in [0.25, 0.3) is 11.5 Å². The molecule has 3 heterocycles. The van der Waals surface area contributed by atoms with Gasteiger partial charge in [0.25, 0.3) is 0 Å². The molecule has 1 N–H and O–H groups in total. The van der Waals surface area contributed by atoms with E-state index in [-0.39, 0.29) is 5.69 Å². The Bertz CT molecular complexity index is 766. The van der Waals surface area contributed by atoms with Crippen LogP contribution in [-0.4, -0.2) is 31.2 Å². The summed E-state index contributed by atoms with van der Waals surface area (Å²) in [6.45, 7) is 3.90. The highest BCUT2D eigenvalue weighted by molar-refractivity contribution is 5.91. The molecule has 8 heteroatoms. The fraction of sp³-hybridized carbons (Fsp3) is 0.231. The molecule has 0 spiro atoms. The molecule has 0 fully saturated rings. The van der Waals surface area contributed by atoms with E-state index in [1.807, 2.05) is 6.92 Å². The van der Waals surface area contributed by atoms with E-state index in [2.05, 4.69) is 15.5 Å². The van der Waals surface area contributed by atoms with Gasteiger partial charge in [0, 0.05) is 5.56 Å². The van der Waals surface area contributed by atoms with Crippen molar-refractivity contribution in [2.45, 2.75) is 20.4 Å². The minimum Gasteiger partial charge on any atom is -0.476 e. The molecular weight excluding hydrogens is 276 g/mol. The van der Waals surface area contributed by atoms with Gasteiger partial charge >= 0.3 is 5.97 Å². The standard InChI is InChI=1S/C13H12N4O4/c1-7-9(8(2)21-15-7)6-17-12(10-4-3-5-20-10)11(13(18)19)14-16-17/h3-5H,6H2,1-2H3,(H,18,19). The summed E-state index contributed by atoms with van der Waals surface area (Å²) >= 11 is 0. The monoisotopic (exact) mass is 288 g/mol. The molecule has 0 bridgehead atoms. The van der Waals surface area contributed by atoms with Gasteiger partial charge in [0.15, 0.2) is 5.76 Å². The van der Waals surface area contributed by atoms with Gasteiger partial charge in [0.05, 0.1) is 18.5 Å². The second kappa shape index (κ2) is 4.89. The molecular formula is C13H12N4O4. The van der Waals surface area contributed by atoms with E-state index < -0.39 is 5.97 Å². The van der Waals surface area contributed by atoms with Crippen LogP contribution in [0.1, 0.15) is 27.5 Å². The Morgan fingerprint density at radius 3 is 2.81 bits per heavy atom. The summed E-state index contributed by atoms with van der Waals surface area (Å²) in [5, 5.41) is 20.7. The van der Waals surface area contributed by atoms with E-state index in [0.717, 1.165) is 11.3 Å². The lowest BCUT2D eigenvalue weighted by molar-refractivity contribution is 0.0691. The van der Waals surface area contributed by atoms with E-state index in [1.165, 1.54) is 10.9 Å². The predicted octanol–water partition coefficient (Wildman–Crippen LogP) is 1.89. The van der Waals surface area contributed by atoms with Crippen LogP contribution in [0.3, 0.4) is 0 Å². The van der Waals surface area contributed by atoms with Gasteiger partial charge in [-0.25, -0.2) is 9.48 Å². The maximum absolute atomic E-state index is 11.3. The first kappa shape index (κ1) is 13.1. The Morgan fingerprint density at radius 2 is 2.24 bits per heavy atom. The number of carbonyl (C=O) groups is 1. The summed E-state index contributed by atoms with van der Waals surface area (Å²) in [4.78, 5) is 11.3. The largest absolute Gasteiger partial charge is 0.476 e. The van der Waals surface area contributed by atoms with E-state index in [0.29, 0.717) is 23.8 Å².